The summed E-state index contributed by atoms with van der Waals surface area (Å²) in [6, 6.07) is 12.6. The summed E-state index contributed by atoms with van der Waals surface area (Å²) in [5.41, 5.74) is 2.23. The van der Waals surface area contributed by atoms with E-state index in [0.29, 0.717) is 17.1 Å². The number of aryl methyl sites for hydroxylation is 1. The first-order valence-electron chi connectivity index (χ1n) is 8.99. The van der Waals surface area contributed by atoms with Crippen LogP contribution in [0.1, 0.15) is 21.7 Å². The molecular formula is C22H19F3N2O2S. The van der Waals surface area contributed by atoms with E-state index in [0.717, 1.165) is 40.0 Å². The predicted molar refractivity (Wildman–Crippen MR) is 113 cm³/mol. The molecule has 156 valence electrons. The number of aromatic nitrogens is 1. The Hall–Kier alpha value is -3.13. The lowest BCUT2D eigenvalue weighted by molar-refractivity contribution is -0.137. The summed E-state index contributed by atoms with van der Waals surface area (Å²) < 4.78 is 39.0. The van der Waals surface area contributed by atoms with E-state index in [9.17, 15) is 18.0 Å². The first-order chi connectivity index (χ1) is 14.1. The van der Waals surface area contributed by atoms with Gasteiger partial charge in [-0.3, -0.25) is 0 Å². The molecule has 1 heterocycles. The Bertz CT molecular complexity index is 1070. The predicted octanol–water partition coefficient (Wildman–Crippen LogP) is 5.87. The largest absolute Gasteiger partial charge is 0.478 e. The Morgan fingerprint density at radius 2 is 1.90 bits per heavy atom. The number of nitrogens with zero attached hydrogens (tertiary/aromatic N) is 2. The topological polar surface area (TPSA) is 53.4 Å². The number of anilines is 1. The van der Waals surface area contributed by atoms with Crippen LogP contribution in [0.3, 0.4) is 0 Å². The molecule has 0 saturated heterocycles. The maximum Gasteiger partial charge on any atom is 0.416 e. The first kappa shape index (κ1) is 21.6. The molecular weight excluding hydrogens is 413 g/mol. The summed E-state index contributed by atoms with van der Waals surface area (Å²) in [5.74, 6) is -1.01. The van der Waals surface area contributed by atoms with Gasteiger partial charge in [0.05, 0.1) is 17.8 Å². The number of aliphatic carboxylic acids is 1. The minimum Gasteiger partial charge on any atom is -0.478 e. The van der Waals surface area contributed by atoms with Crippen molar-refractivity contribution in [2.24, 2.45) is 0 Å². The molecule has 0 radical (unpaired) electrons. The summed E-state index contributed by atoms with van der Waals surface area (Å²) >= 11 is 1.37. The number of alkyl halides is 3. The van der Waals surface area contributed by atoms with Gasteiger partial charge in [-0.05, 0) is 42.8 Å². The second-order valence-electron chi connectivity index (χ2n) is 6.73. The zero-order chi connectivity index (χ0) is 21.9. The van der Waals surface area contributed by atoms with Gasteiger partial charge in [0.2, 0.25) is 0 Å². The molecule has 3 rings (SSSR count). The zero-order valence-corrected chi connectivity index (χ0v) is 17.1. The Morgan fingerprint density at radius 3 is 2.53 bits per heavy atom. The summed E-state index contributed by atoms with van der Waals surface area (Å²) in [6.07, 6.45) is -1.80. The molecule has 0 aliphatic heterocycles. The SMILES string of the molecule is Cc1nc(-c2cccc(C(F)(F)F)c2)sc1CN(C)c1ccc(/C=C/C(=O)O)cc1. The summed E-state index contributed by atoms with van der Waals surface area (Å²) in [6.45, 7) is 2.39. The lowest BCUT2D eigenvalue weighted by Gasteiger charge is -2.18. The van der Waals surface area contributed by atoms with Crippen LogP contribution >= 0.6 is 11.3 Å². The fourth-order valence-electron chi connectivity index (χ4n) is 2.84. The Kier molecular flexibility index (Phi) is 6.26. The average Bonchev–Trinajstić information content (AvgIpc) is 3.06. The second kappa shape index (κ2) is 8.71. The number of hydrogen-bond donors (Lipinski definition) is 1. The van der Waals surface area contributed by atoms with E-state index in [-0.39, 0.29) is 0 Å². The van der Waals surface area contributed by atoms with Crippen LogP contribution in [0.15, 0.2) is 54.6 Å². The lowest BCUT2D eigenvalue weighted by atomic mass is 10.1. The van der Waals surface area contributed by atoms with Crippen LogP contribution in [0, 0.1) is 6.92 Å². The van der Waals surface area contributed by atoms with Gasteiger partial charge in [0.1, 0.15) is 5.01 Å². The second-order valence-corrected chi connectivity index (χ2v) is 7.81. The monoisotopic (exact) mass is 432 g/mol. The average molecular weight is 432 g/mol. The number of carboxylic acid groups (broad SMARTS) is 1. The molecule has 0 bridgehead atoms. The molecule has 1 aromatic heterocycles. The van der Waals surface area contributed by atoms with Crippen LogP contribution in [-0.2, 0) is 17.5 Å². The van der Waals surface area contributed by atoms with Gasteiger partial charge in [0.25, 0.3) is 0 Å². The van der Waals surface area contributed by atoms with Crippen LogP contribution < -0.4 is 4.90 Å². The highest BCUT2D eigenvalue weighted by molar-refractivity contribution is 7.15. The van der Waals surface area contributed by atoms with Crippen LogP contribution in [0.2, 0.25) is 0 Å². The molecule has 0 aliphatic rings. The van der Waals surface area contributed by atoms with Crippen LogP contribution in [0.25, 0.3) is 16.6 Å². The van der Waals surface area contributed by atoms with E-state index >= 15 is 0 Å². The number of thiazole rings is 1. The van der Waals surface area contributed by atoms with Gasteiger partial charge < -0.3 is 10.0 Å². The van der Waals surface area contributed by atoms with Gasteiger partial charge in [0.15, 0.2) is 0 Å². The molecule has 0 unspecified atom stereocenters. The van der Waals surface area contributed by atoms with E-state index in [1.54, 1.807) is 6.07 Å². The smallest absolute Gasteiger partial charge is 0.416 e. The van der Waals surface area contributed by atoms with Gasteiger partial charge in [0, 0.05) is 29.3 Å². The number of benzene rings is 2. The van der Waals surface area contributed by atoms with Crippen LogP contribution in [0.4, 0.5) is 18.9 Å². The Labute approximate surface area is 175 Å². The van der Waals surface area contributed by atoms with Crippen molar-refractivity contribution in [1.82, 2.24) is 4.98 Å². The van der Waals surface area contributed by atoms with E-state index in [2.05, 4.69) is 4.98 Å². The number of carboxylic acids is 1. The maximum atomic E-state index is 13.0. The van der Waals surface area contributed by atoms with Crippen molar-refractivity contribution in [3.63, 3.8) is 0 Å². The quantitative estimate of drug-likeness (QED) is 0.495. The van der Waals surface area contributed by atoms with Crippen molar-refractivity contribution >= 4 is 29.1 Å². The van der Waals surface area contributed by atoms with Crippen molar-refractivity contribution in [3.05, 3.63) is 76.3 Å². The summed E-state index contributed by atoms with van der Waals surface area (Å²) in [5, 5.41) is 9.24. The van der Waals surface area contributed by atoms with Gasteiger partial charge in [-0.1, -0.05) is 24.3 Å². The molecule has 30 heavy (non-hydrogen) atoms. The molecule has 8 heteroatoms. The highest BCUT2D eigenvalue weighted by Gasteiger charge is 2.30. The van der Waals surface area contributed by atoms with Crippen LogP contribution in [-0.4, -0.2) is 23.1 Å². The van der Waals surface area contributed by atoms with Crippen molar-refractivity contribution in [2.75, 3.05) is 11.9 Å². The minimum absolute atomic E-state index is 0.446. The molecule has 0 amide bonds. The highest BCUT2D eigenvalue weighted by atomic mass is 32.1. The molecule has 0 atom stereocenters. The third kappa shape index (κ3) is 5.27. The normalized spacial score (nSPS) is 11.8. The van der Waals surface area contributed by atoms with E-state index in [1.165, 1.54) is 23.5 Å². The number of halogens is 3. The van der Waals surface area contributed by atoms with Crippen molar-refractivity contribution in [3.8, 4) is 10.6 Å². The van der Waals surface area contributed by atoms with Gasteiger partial charge in [-0.15, -0.1) is 11.3 Å². The lowest BCUT2D eigenvalue weighted by Crippen LogP contribution is -2.16. The molecule has 3 aromatic rings. The molecule has 2 aromatic carbocycles. The minimum atomic E-state index is -4.39. The molecule has 0 spiro atoms. The van der Waals surface area contributed by atoms with Crippen molar-refractivity contribution < 1.29 is 23.1 Å². The van der Waals surface area contributed by atoms with Gasteiger partial charge in [-0.25, -0.2) is 9.78 Å². The zero-order valence-electron chi connectivity index (χ0n) is 16.3. The van der Waals surface area contributed by atoms with E-state index in [4.69, 9.17) is 5.11 Å². The Morgan fingerprint density at radius 1 is 1.20 bits per heavy atom. The van der Waals surface area contributed by atoms with Gasteiger partial charge >= 0.3 is 12.1 Å². The number of rotatable bonds is 6. The summed E-state index contributed by atoms with van der Waals surface area (Å²) in [4.78, 5) is 18.0. The molecule has 0 fully saturated rings. The van der Waals surface area contributed by atoms with Crippen molar-refractivity contribution in [2.45, 2.75) is 19.6 Å². The van der Waals surface area contributed by atoms with Crippen LogP contribution in [0.5, 0.6) is 0 Å². The maximum absolute atomic E-state index is 13.0. The first-order valence-corrected chi connectivity index (χ1v) is 9.81. The summed E-state index contributed by atoms with van der Waals surface area (Å²) in [7, 11) is 1.91. The Balaban J connectivity index is 1.77. The molecule has 4 nitrogen and oxygen atoms in total. The molecule has 0 aliphatic carbocycles. The fraction of sp³-hybridized carbons (Fsp3) is 0.182. The third-order valence-corrected chi connectivity index (χ3v) is 5.65. The standard InChI is InChI=1S/C22H19F3N2O2S/c1-14-19(13-27(2)18-9-6-15(7-10-18)8-11-20(28)29)30-21(26-14)16-4-3-5-17(12-16)22(23,24)25/h3-12H,13H2,1-2H3,(H,28,29)/b11-8+. The third-order valence-electron chi connectivity index (χ3n) is 4.46. The van der Waals surface area contributed by atoms with Crippen molar-refractivity contribution in [1.29, 1.82) is 0 Å². The molecule has 1 N–H and O–H groups in total. The van der Waals surface area contributed by atoms with Gasteiger partial charge in [-0.2, -0.15) is 13.2 Å². The van der Waals surface area contributed by atoms with E-state index in [1.807, 2.05) is 43.1 Å². The fourth-order valence-corrected chi connectivity index (χ4v) is 3.95. The number of hydrogen-bond acceptors (Lipinski definition) is 4. The number of carbonyl (C=O) groups is 1. The molecule has 0 saturated carbocycles. The van der Waals surface area contributed by atoms with E-state index < -0.39 is 17.7 Å². The highest BCUT2D eigenvalue weighted by Crippen LogP contribution is 2.34.